The van der Waals surface area contributed by atoms with Gasteiger partial charge in [0.25, 0.3) is 0 Å². The third-order valence-electron chi connectivity index (χ3n) is 1.97. The van der Waals surface area contributed by atoms with Gasteiger partial charge in [0.2, 0.25) is 0 Å². The Kier molecular flexibility index (Phi) is 2.93. The molecule has 4 nitrogen and oxygen atoms in total. The molecule has 0 unspecified atom stereocenters. The van der Waals surface area contributed by atoms with Crippen molar-refractivity contribution in [1.29, 1.82) is 0 Å². The smallest absolute Gasteiger partial charge is 0.336 e. The summed E-state index contributed by atoms with van der Waals surface area (Å²) in [6.07, 6.45) is 0. The minimum atomic E-state index is -0.898. The number of hydrogen-bond acceptors (Lipinski definition) is 5. The Labute approximate surface area is 101 Å². The Hall–Kier alpha value is -1.40. The molecule has 2 heterocycles. The van der Waals surface area contributed by atoms with Gasteiger partial charge >= 0.3 is 5.97 Å². The zero-order chi connectivity index (χ0) is 11.7. The highest BCUT2D eigenvalue weighted by Crippen LogP contribution is 2.30. The molecule has 0 aliphatic carbocycles. The molecule has 2 aromatic heterocycles. The molecular weight excluding hydrogens is 244 g/mol. The maximum atomic E-state index is 10.7. The Morgan fingerprint density at radius 3 is 2.62 bits per heavy atom. The molecule has 16 heavy (non-hydrogen) atoms. The third-order valence-corrected chi connectivity index (χ3v) is 3.93. The Morgan fingerprint density at radius 1 is 1.38 bits per heavy atom. The van der Waals surface area contributed by atoms with Crippen molar-refractivity contribution in [2.45, 2.75) is 0 Å². The fraction of sp³-hybridized carbons (Fsp3) is 0.200. The molecule has 0 aromatic carbocycles. The van der Waals surface area contributed by atoms with E-state index < -0.39 is 5.97 Å². The van der Waals surface area contributed by atoms with Crippen LogP contribution in [0.5, 0.6) is 0 Å². The topological polar surface area (TPSA) is 53.4 Å². The van der Waals surface area contributed by atoms with Crippen LogP contribution in [0.15, 0.2) is 16.8 Å². The number of aromatic nitrogens is 1. The molecule has 2 aromatic rings. The van der Waals surface area contributed by atoms with E-state index in [1.165, 1.54) is 11.3 Å². The normalized spacial score (nSPS) is 10.4. The van der Waals surface area contributed by atoms with E-state index in [2.05, 4.69) is 4.98 Å². The summed E-state index contributed by atoms with van der Waals surface area (Å²) in [6.45, 7) is 0. The van der Waals surface area contributed by atoms with Crippen LogP contribution in [0.25, 0.3) is 10.6 Å². The third kappa shape index (κ3) is 2.07. The number of carbonyl (C=O) groups is 1. The lowest BCUT2D eigenvalue weighted by atomic mass is 10.3. The summed E-state index contributed by atoms with van der Waals surface area (Å²) in [6, 6.07) is 1.65. The number of thiazole rings is 1. The zero-order valence-corrected chi connectivity index (χ0v) is 10.4. The van der Waals surface area contributed by atoms with Crippen LogP contribution in [0, 0.1) is 0 Å². The highest BCUT2D eigenvalue weighted by atomic mass is 32.1. The van der Waals surface area contributed by atoms with Crippen LogP contribution in [0.1, 0.15) is 10.4 Å². The van der Waals surface area contributed by atoms with Crippen LogP contribution in [-0.2, 0) is 0 Å². The molecule has 0 saturated carbocycles. The Bertz CT molecular complexity index is 516. The number of anilines is 1. The highest BCUT2D eigenvalue weighted by molar-refractivity contribution is 7.16. The number of nitrogens with zero attached hydrogens (tertiary/aromatic N) is 2. The van der Waals surface area contributed by atoms with Gasteiger partial charge in [0, 0.05) is 24.9 Å². The SMILES string of the molecule is CN(C)c1nc(-c2cc(C(=O)O)cs2)cs1. The van der Waals surface area contributed by atoms with Gasteiger partial charge < -0.3 is 10.0 Å². The molecule has 0 fully saturated rings. The first-order chi connectivity index (χ1) is 7.58. The predicted molar refractivity (Wildman–Crippen MR) is 66.7 cm³/mol. The molecular formula is C10H10N2O2S2. The van der Waals surface area contributed by atoms with Crippen molar-refractivity contribution in [3.63, 3.8) is 0 Å². The van der Waals surface area contributed by atoms with Crippen LogP contribution in [0.4, 0.5) is 5.13 Å². The molecule has 1 N–H and O–H groups in total. The summed E-state index contributed by atoms with van der Waals surface area (Å²) < 4.78 is 0. The van der Waals surface area contributed by atoms with Gasteiger partial charge in [-0.1, -0.05) is 0 Å². The summed E-state index contributed by atoms with van der Waals surface area (Å²) in [5.41, 5.74) is 1.16. The second-order valence-corrected chi connectivity index (χ2v) is 5.16. The van der Waals surface area contributed by atoms with Crippen LogP contribution >= 0.6 is 22.7 Å². The number of hydrogen-bond donors (Lipinski definition) is 1. The minimum Gasteiger partial charge on any atom is -0.478 e. The molecule has 0 saturated heterocycles. The molecule has 0 radical (unpaired) electrons. The largest absolute Gasteiger partial charge is 0.478 e. The quantitative estimate of drug-likeness (QED) is 0.914. The molecule has 0 bridgehead atoms. The van der Waals surface area contributed by atoms with Crippen molar-refractivity contribution in [2.24, 2.45) is 0 Å². The Morgan fingerprint density at radius 2 is 2.12 bits per heavy atom. The molecule has 0 amide bonds. The van der Waals surface area contributed by atoms with Gasteiger partial charge in [-0.25, -0.2) is 9.78 Å². The molecule has 0 aliphatic rings. The lowest BCUT2D eigenvalue weighted by molar-refractivity contribution is 0.0697. The zero-order valence-electron chi connectivity index (χ0n) is 8.80. The van der Waals surface area contributed by atoms with E-state index in [1.807, 2.05) is 24.4 Å². The maximum absolute atomic E-state index is 10.7. The van der Waals surface area contributed by atoms with Gasteiger partial charge in [0.15, 0.2) is 5.13 Å². The van der Waals surface area contributed by atoms with Crippen LogP contribution in [0.2, 0.25) is 0 Å². The van der Waals surface area contributed by atoms with Crippen molar-refractivity contribution in [3.8, 4) is 10.6 Å². The predicted octanol–water partition coefficient (Wildman–Crippen LogP) is 2.64. The molecule has 0 spiro atoms. The monoisotopic (exact) mass is 254 g/mol. The average Bonchev–Trinajstić information content (AvgIpc) is 2.86. The van der Waals surface area contributed by atoms with Crippen molar-refractivity contribution in [1.82, 2.24) is 4.98 Å². The maximum Gasteiger partial charge on any atom is 0.336 e. The number of rotatable bonds is 3. The first-order valence-electron chi connectivity index (χ1n) is 4.53. The second-order valence-electron chi connectivity index (χ2n) is 3.41. The van der Waals surface area contributed by atoms with E-state index in [-0.39, 0.29) is 0 Å². The van der Waals surface area contributed by atoms with E-state index in [9.17, 15) is 4.79 Å². The minimum absolute atomic E-state index is 0.319. The molecule has 84 valence electrons. The van der Waals surface area contributed by atoms with Crippen molar-refractivity contribution < 1.29 is 9.90 Å². The van der Waals surface area contributed by atoms with Crippen LogP contribution in [0.3, 0.4) is 0 Å². The second kappa shape index (κ2) is 4.23. The van der Waals surface area contributed by atoms with E-state index in [0.29, 0.717) is 5.56 Å². The van der Waals surface area contributed by atoms with E-state index >= 15 is 0 Å². The van der Waals surface area contributed by atoms with E-state index in [0.717, 1.165) is 15.7 Å². The first-order valence-corrected chi connectivity index (χ1v) is 6.29. The fourth-order valence-electron chi connectivity index (χ4n) is 1.17. The van der Waals surface area contributed by atoms with Gasteiger partial charge in [-0.2, -0.15) is 0 Å². The molecule has 6 heteroatoms. The summed E-state index contributed by atoms with van der Waals surface area (Å²) in [5.74, 6) is -0.898. The van der Waals surface area contributed by atoms with Gasteiger partial charge in [0.1, 0.15) is 0 Å². The number of aromatic carboxylic acids is 1. The standard InChI is InChI=1S/C10H10N2O2S2/c1-12(2)10-11-7(5-16-10)8-3-6(4-15-8)9(13)14/h3-5H,1-2H3,(H,13,14). The van der Waals surface area contributed by atoms with Gasteiger partial charge in [-0.05, 0) is 6.07 Å². The van der Waals surface area contributed by atoms with Crippen LogP contribution in [-0.4, -0.2) is 30.2 Å². The lowest BCUT2D eigenvalue weighted by Crippen LogP contribution is -2.07. The number of thiophene rings is 1. The van der Waals surface area contributed by atoms with Crippen molar-refractivity contribution in [2.75, 3.05) is 19.0 Å². The Balaban J connectivity index is 2.31. The van der Waals surface area contributed by atoms with Gasteiger partial charge in [-0.15, -0.1) is 22.7 Å². The molecule has 0 atom stereocenters. The van der Waals surface area contributed by atoms with Gasteiger partial charge in [0.05, 0.1) is 16.1 Å². The number of carboxylic acid groups (broad SMARTS) is 1. The number of carboxylic acids is 1. The van der Waals surface area contributed by atoms with Crippen LogP contribution < -0.4 is 4.90 Å². The molecule has 2 rings (SSSR count). The fourth-order valence-corrected chi connectivity index (χ4v) is 2.84. The summed E-state index contributed by atoms with van der Waals surface area (Å²) in [7, 11) is 3.86. The molecule has 0 aliphatic heterocycles. The first kappa shape index (κ1) is 11.1. The average molecular weight is 254 g/mol. The summed E-state index contributed by atoms with van der Waals surface area (Å²) in [5, 5.41) is 13.3. The van der Waals surface area contributed by atoms with Crippen molar-refractivity contribution in [3.05, 3.63) is 22.4 Å². The summed E-state index contributed by atoms with van der Waals surface area (Å²) >= 11 is 2.95. The van der Waals surface area contributed by atoms with Crippen molar-refractivity contribution >= 4 is 33.8 Å². The van der Waals surface area contributed by atoms with E-state index in [1.54, 1.807) is 22.8 Å². The van der Waals surface area contributed by atoms with Gasteiger partial charge in [-0.3, -0.25) is 0 Å². The summed E-state index contributed by atoms with van der Waals surface area (Å²) in [4.78, 5) is 18.0. The lowest BCUT2D eigenvalue weighted by Gasteiger charge is -2.05. The van der Waals surface area contributed by atoms with E-state index in [4.69, 9.17) is 5.11 Å². The highest BCUT2D eigenvalue weighted by Gasteiger charge is 2.11.